The molecule has 1 aromatic rings. The van der Waals surface area contributed by atoms with Gasteiger partial charge in [0.15, 0.2) is 0 Å². The van der Waals surface area contributed by atoms with E-state index >= 15 is 0 Å². The van der Waals surface area contributed by atoms with Crippen molar-refractivity contribution < 1.29 is 4.79 Å². The molecule has 4 heteroatoms. The van der Waals surface area contributed by atoms with Gasteiger partial charge in [0.1, 0.15) is 0 Å². The predicted octanol–water partition coefficient (Wildman–Crippen LogP) is 4.46. The number of hydrogen-bond acceptors (Lipinski definition) is 2. The fourth-order valence-corrected chi connectivity index (χ4v) is 3.75. The van der Waals surface area contributed by atoms with Crippen LogP contribution >= 0.6 is 27.3 Å². The molecule has 18 heavy (non-hydrogen) atoms. The molecule has 0 aliphatic heterocycles. The number of nitrogens with one attached hydrogen (secondary N) is 1. The maximum absolute atomic E-state index is 11.9. The maximum atomic E-state index is 11.9. The van der Waals surface area contributed by atoms with Crippen molar-refractivity contribution in [2.75, 3.05) is 6.54 Å². The summed E-state index contributed by atoms with van der Waals surface area (Å²) in [5.74, 6) is 1.66. The summed E-state index contributed by atoms with van der Waals surface area (Å²) in [5, 5.41) is 4.96. The summed E-state index contributed by atoms with van der Waals surface area (Å²) in [4.78, 5) is 11.9. The fourth-order valence-electron chi connectivity index (χ4n) is 2.61. The van der Waals surface area contributed by atoms with Gasteiger partial charge in [0.25, 0.3) is 5.91 Å². The molecule has 0 atom stereocenters. The van der Waals surface area contributed by atoms with Crippen molar-refractivity contribution in [1.29, 1.82) is 0 Å². The van der Waals surface area contributed by atoms with E-state index in [1.807, 2.05) is 11.4 Å². The highest BCUT2D eigenvalue weighted by Gasteiger charge is 2.20. The summed E-state index contributed by atoms with van der Waals surface area (Å²) in [5.41, 5.74) is 0.772. The number of amides is 1. The molecule has 0 radical (unpaired) electrons. The topological polar surface area (TPSA) is 29.1 Å². The van der Waals surface area contributed by atoms with Crippen LogP contribution in [-0.4, -0.2) is 12.5 Å². The molecule has 0 spiro atoms. The molecule has 0 saturated heterocycles. The van der Waals surface area contributed by atoms with E-state index in [1.165, 1.54) is 32.1 Å². The van der Waals surface area contributed by atoms with Crippen LogP contribution in [-0.2, 0) is 0 Å². The van der Waals surface area contributed by atoms with Crippen LogP contribution in [0.5, 0.6) is 0 Å². The highest BCUT2D eigenvalue weighted by molar-refractivity contribution is 9.11. The summed E-state index contributed by atoms with van der Waals surface area (Å²) in [6.07, 6.45) is 6.52. The van der Waals surface area contributed by atoms with Gasteiger partial charge in [0.2, 0.25) is 0 Å². The van der Waals surface area contributed by atoms with E-state index in [0.29, 0.717) is 5.92 Å². The lowest BCUT2D eigenvalue weighted by molar-refractivity contribution is 0.0941. The van der Waals surface area contributed by atoms with E-state index in [0.717, 1.165) is 21.8 Å². The second-order valence-electron chi connectivity index (χ2n) is 5.14. The van der Waals surface area contributed by atoms with Crippen molar-refractivity contribution in [2.24, 2.45) is 11.8 Å². The maximum Gasteiger partial charge on any atom is 0.252 e. The lowest BCUT2D eigenvalue weighted by Crippen LogP contribution is -2.31. The van der Waals surface area contributed by atoms with Crippen molar-refractivity contribution in [1.82, 2.24) is 5.32 Å². The molecule has 100 valence electrons. The van der Waals surface area contributed by atoms with Gasteiger partial charge < -0.3 is 5.32 Å². The Labute approximate surface area is 121 Å². The van der Waals surface area contributed by atoms with Gasteiger partial charge in [-0.05, 0) is 46.7 Å². The minimum Gasteiger partial charge on any atom is -0.352 e. The summed E-state index contributed by atoms with van der Waals surface area (Å²) in [6, 6.07) is 1.88. The van der Waals surface area contributed by atoms with E-state index in [4.69, 9.17) is 0 Å². The van der Waals surface area contributed by atoms with Crippen molar-refractivity contribution in [3.63, 3.8) is 0 Å². The summed E-state index contributed by atoms with van der Waals surface area (Å²) in [6.45, 7) is 3.12. The molecule has 1 aliphatic carbocycles. The first-order valence-corrected chi connectivity index (χ1v) is 8.38. The minimum atomic E-state index is 0.0644. The van der Waals surface area contributed by atoms with E-state index in [-0.39, 0.29) is 5.91 Å². The fraction of sp³-hybridized carbons (Fsp3) is 0.643. The van der Waals surface area contributed by atoms with Crippen LogP contribution in [0.25, 0.3) is 0 Å². The third-order valence-corrected chi connectivity index (χ3v) is 5.43. The van der Waals surface area contributed by atoms with Gasteiger partial charge >= 0.3 is 0 Å². The predicted molar refractivity (Wildman–Crippen MR) is 80.1 cm³/mol. The van der Waals surface area contributed by atoms with Gasteiger partial charge in [-0.25, -0.2) is 0 Å². The Morgan fingerprint density at radius 2 is 2.06 bits per heavy atom. The van der Waals surface area contributed by atoms with Crippen LogP contribution in [0.1, 0.15) is 49.4 Å². The highest BCUT2D eigenvalue weighted by Crippen LogP contribution is 2.30. The Morgan fingerprint density at radius 1 is 1.39 bits per heavy atom. The van der Waals surface area contributed by atoms with Crippen LogP contribution in [0.15, 0.2) is 15.2 Å². The molecule has 2 nitrogen and oxygen atoms in total. The average Bonchev–Trinajstić information content (AvgIpc) is 2.83. The molecule has 0 unspecified atom stereocenters. The largest absolute Gasteiger partial charge is 0.352 e. The van der Waals surface area contributed by atoms with Gasteiger partial charge in [-0.2, -0.15) is 0 Å². The summed E-state index contributed by atoms with van der Waals surface area (Å²) >= 11 is 4.93. The monoisotopic (exact) mass is 329 g/mol. The zero-order valence-corrected chi connectivity index (χ0v) is 13.1. The van der Waals surface area contributed by atoms with E-state index in [2.05, 4.69) is 28.2 Å². The molecule has 0 aromatic carbocycles. The normalized spacial score (nSPS) is 23.9. The highest BCUT2D eigenvalue weighted by atomic mass is 79.9. The molecule has 1 saturated carbocycles. The van der Waals surface area contributed by atoms with E-state index < -0.39 is 0 Å². The van der Waals surface area contributed by atoms with Gasteiger partial charge in [-0.3, -0.25) is 4.79 Å². The van der Waals surface area contributed by atoms with Crippen LogP contribution in [0.4, 0.5) is 0 Å². The minimum absolute atomic E-state index is 0.0644. The Morgan fingerprint density at radius 3 is 2.61 bits per heavy atom. The second-order valence-corrected chi connectivity index (χ2v) is 7.43. The number of halogens is 1. The van der Waals surface area contributed by atoms with Gasteiger partial charge in [0, 0.05) is 11.9 Å². The number of carbonyl (C=O) groups is 1. The van der Waals surface area contributed by atoms with Gasteiger partial charge in [0.05, 0.1) is 9.35 Å². The van der Waals surface area contributed by atoms with Crippen molar-refractivity contribution in [3.8, 4) is 0 Å². The molecule has 1 fully saturated rings. The summed E-state index contributed by atoms with van der Waals surface area (Å²) < 4.78 is 1.01. The molecule has 1 aromatic heterocycles. The molecule has 0 bridgehead atoms. The van der Waals surface area contributed by atoms with Crippen molar-refractivity contribution in [2.45, 2.75) is 39.0 Å². The number of carbonyl (C=O) groups excluding carboxylic acids is 1. The lowest BCUT2D eigenvalue weighted by Gasteiger charge is -2.27. The molecule has 1 N–H and O–H groups in total. The van der Waals surface area contributed by atoms with E-state index in [9.17, 15) is 4.79 Å². The van der Waals surface area contributed by atoms with Crippen molar-refractivity contribution >= 4 is 33.2 Å². The molecular formula is C14H20BrNOS. The number of rotatable bonds is 4. The first-order chi connectivity index (χ1) is 8.69. The van der Waals surface area contributed by atoms with Crippen molar-refractivity contribution in [3.05, 3.63) is 20.8 Å². The molecule has 1 amide bonds. The number of hydrogen-bond donors (Lipinski definition) is 1. The van der Waals surface area contributed by atoms with Crippen LogP contribution in [0.3, 0.4) is 0 Å². The molecular weight excluding hydrogens is 310 g/mol. The van der Waals surface area contributed by atoms with Gasteiger partial charge in [-0.1, -0.05) is 26.2 Å². The first-order valence-electron chi connectivity index (χ1n) is 6.71. The zero-order chi connectivity index (χ0) is 13.0. The third-order valence-electron chi connectivity index (χ3n) is 3.92. The third kappa shape index (κ3) is 3.82. The van der Waals surface area contributed by atoms with Gasteiger partial charge in [-0.15, -0.1) is 11.3 Å². The van der Waals surface area contributed by atoms with Crippen LogP contribution < -0.4 is 5.32 Å². The Hall–Kier alpha value is -0.350. The lowest BCUT2D eigenvalue weighted by atomic mass is 9.81. The van der Waals surface area contributed by atoms with E-state index in [1.54, 1.807) is 11.3 Å². The standard InChI is InChI=1S/C14H20BrNOS/c1-2-10-3-5-11(6-4-10)8-16-14(17)12-7-13(15)18-9-12/h7,9-11H,2-6,8H2,1H3,(H,16,17). The molecule has 1 heterocycles. The summed E-state index contributed by atoms with van der Waals surface area (Å²) in [7, 11) is 0. The SMILES string of the molecule is CCC1CCC(CNC(=O)c2csc(Br)c2)CC1. The quantitative estimate of drug-likeness (QED) is 0.868. The smallest absolute Gasteiger partial charge is 0.252 e. The van der Waals surface area contributed by atoms with Crippen LogP contribution in [0.2, 0.25) is 0 Å². The molecule has 2 rings (SSSR count). The first kappa shape index (κ1) is 14.1. The Balaban J connectivity index is 1.74. The molecule has 1 aliphatic rings. The second kappa shape index (κ2) is 6.71. The Bertz CT molecular complexity index is 396. The average molecular weight is 330 g/mol. The Kier molecular flexibility index (Phi) is 5.25. The van der Waals surface area contributed by atoms with Crippen LogP contribution in [0, 0.1) is 11.8 Å². The number of thiophene rings is 1. The zero-order valence-electron chi connectivity index (χ0n) is 10.7.